The van der Waals surface area contributed by atoms with Gasteiger partial charge in [-0.05, 0) is 81.6 Å². The lowest BCUT2D eigenvalue weighted by Crippen LogP contribution is -2.42. The minimum absolute atomic E-state index is 0.0503. The number of hydrogen-bond acceptors (Lipinski definition) is 7. The topological polar surface area (TPSA) is 105 Å². The van der Waals surface area contributed by atoms with Gasteiger partial charge < -0.3 is 34.5 Å². The molecule has 1 unspecified atom stereocenters. The average molecular weight is 628 g/mol. The van der Waals surface area contributed by atoms with E-state index >= 15 is 4.39 Å². The van der Waals surface area contributed by atoms with E-state index in [9.17, 15) is 14.4 Å². The number of benzene rings is 3. The monoisotopic (exact) mass is 627 g/mol. The SMILES string of the molecule is CCOC(=O)N1CCC(Nc2c(F)cc3c(=O)c(C(=O)NCCC4CCCN4C)cn4c3c2Oc2cc3ccccc3cc2-4)CC1. The second-order valence-corrected chi connectivity index (χ2v) is 12.4. The third-order valence-corrected chi connectivity index (χ3v) is 9.54. The number of likely N-dealkylation sites (tertiary alicyclic amines) is 2. The van der Waals surface area contributed by atoms with E-state index in [2.05, 4.69) is 22.6 Å². The minimum Gasteiger partial charge on any atom is -0.451 e. The lowest BCUT2D eigenvalue weighted by molar-refractivity contribution is 0.0947. The van der Waals surface area contributed by atoms with Crippen LogP contribution in [-0.2, 0) is 4.74 Å². The molecule has 1 aromatic heterocycles. The van der Waals surface area contributed by atoms with E-state index in [0.29, 0.717) is 62.1 Å². The number of amides is 2. The van der Waals surface area contributed by atoms with Crippen molar-refractivity contribution in [3.63, 3.8) is 0 Å². The van der Waals surface area contributed by atoms with Crippen molar-refractivity contribution in [2.45, 2.75) is 51.1 Å². The summed E-state index contributed by atoms with van der Waals surface area (Å²) in [7, 11) is 2.09. The molecule has 1 atom stereocenters. The van der Waals surface area contributed by atoms with E-state index in [-0.39, 0.29) is 34.5 Å². The number of nitrogens with one attached hydrogen (secondary N) is 2. The van der Waals surface area contributed by atoms with Crippen LogP contribution in [0.2, 0.25) is 0 Å². The third-order valence-electron chi connectivity index (χ3n) is 9.54. The molecule has 2 amide bonds. The van der Waals surface area contributed by atoms with Crippen LogP contribution in [0.1, 0.15) is 49.4 Å². The first kappa shape index (κ1) is 30.0. The number of anilines is 1. The van der Waals surface area contributed by atoms with Crippen molar-refractivity contribution in [1.29, 1.82) is 0 Å². The molecule has 240 valence electrons. The fourth-order valence-corrected chi connectivity index (χ4v) is 7.02. The van der Waals surface area contributed by atoms with Crippen molar-refractivity contribution in [2.24, 2.45) is 0 Å². The van der Waals surface area contributed by atoms with Gasteiger partial charge in [-0.2, -0.15) is 0 Å². The number of aromatic nitrogens is 1. The predicted molar refractivity (Wildman–Crippen MR) is 175 cm³/mol. The maximum absolute atomic E-state index is 16.1. The molecule has 2 saturated heterocycles. The van der Waals surface area contributed by atoms with E-state index in [4.69, 9.17) is 9.47 Å². The number of piperidine rings is 1. The summed E-state index contributed by atoms with van der Waals surface area (Å²) in [6.45, 7) is 4.49. The molecular weight excluding hydrogens is 589 g/mol. The van der Waals surface area contributed by atoms with Crippen molar-refractivity contribution in [3.8, 4) is 17.2 Å². The van der Waals surface area contributed by atoms with Gasteiger partial charge in [0.1, 0.15) is 16.8 Å². The van der Waals surface area contributed by atoms with Crippen molar-refractivity contribution in [1.82, 2.24) is 19.7 Å². The maximum atomic E-state index is 16.1. The van der Waals surface area contributed by atoms with E-state index in [1.807, 2.05) is 36.4 Å². The molecule has 4 aromatic rings. The number of carbonyl (C=O) groups excluding carboxylic acids is 2. The first-order valence-electron chi connectivity index (χ1n) is 16.1. The van der Waals surface area contributed by atoms with Crippen LogP contribution in [0.3, 0.4) is 0 Å². The molecule has 7 rings (SSSR count). The molecule has 46 heavy (non-hydrogen) atoms. The summed E-state index contributed by atoms with van der Waals surface area (Å²) >= 11 is 0. The predicted octanol–water partition coefficient (Wildman–Crippen LogP) is 5.64. The van der Waals surface area contributed by atoms with Crippen LogP contribution in [-0.4, -0.2) is 78.3 Å². The Kier molecular flexibility index (Phi) is 8.02. The first-order valence-corrected chi connectivity index (χ1v) is 16.1. The number of halogens is 1. The normalized spacial score (nSPS) is 18.0. The number of pyridine rings is 1. The summed E-state index contributed by atoms with van der Waals surface area (Å²) < 4.78 is 29.4. The van der Waals surface area contributed by atoms with Crippen LogP contribution in [0.5, 0.6) is 11.5 Å². The molecule has 0 saturated carbocycles. The van der Waals surface area contributed by atoms with Gasteiger partial charge in [0.05, 0.1) is 17.7 Å². The van der Waals surface area contributed by atoms with E-state index in [1.165, 1.54) is 6.07 Å². The zero-order valence-corrected chi connectivity index (χ0v) is 26.1. The fraction of sp³-hybridized carbons (Fsp3) is 0.400. The molecule has 3 aliphatic rings. The van der Waals surface area contributed by atoms with E-state index < -0.39 is 17.2 Å². The molecule has 3 aromatic carbocycles. The number of hydrogen-bond donors (Lipinski definition) is 2. The zero-order chi connectivity index (χ0) is 31.9. The highest BCUT2D eigenvalue weighted by Crippen LogP contribution is 2.46. The smallest absolute Gasteiger partial charge is 0.409 e. The Hall–Kier alpha value is -4.64. The third kappa shape index (κ3) is 5.42. The standard InChI is InChI=1S/C35H38FN5O5/c1-3-45-35(44)40-15-11-23(12-16-40)38-30-27(36)19-25-31-33(30)46-29-18-22-8-5-4-7-21(22)17-28(29)41(31)20-26(32(25)42)34(43)37-13-10-24-9-6-14-39(24)2/h4-5,7-8,17-20,23-24,38H,3,6,9-16H2,1-2H3,(H,37,43). The Morgan fingerprint density at radius 2 is 1.83 bits per heavy atom. The van der Waals surface area contributed by atoms with Gasteiger partial charge in [-0.1, -0.05) is 24.3 Å². The van der Waals surface area contributed by atoms with Crippen molar-refractivity contribution >= 4 is 39.4 Å². The summed E-state index contributed by atoms with van der Waals surface area (Å²) in [5, 5.41) is 8.22. The highest BCUT2D eigenvalue weighted by Gasteiger charge is 2.31. The number of nitrogens with zero attached hydrogens (tertiary/aromatic N) is 3. The zero-order valence-electron chi connectivity index (χ0n) is 26.1. The molecule has 3 aliphatic heterocycles. The Morgan fingerprint density at radius 3 is 2.54 bits per heavy atom. The fourth-order valence-electron chi connectivity index (χ4n) is 7.02. The Morgan fingerprint density at radius 1 is 1.07 bits per heavy atom. The van der Waals surface area contributed by atoms with Gasteiger partial charge in [-0.3, -0.25) is 9.59 Å². The maximum Gasteiger partial charge on any atom is 0.409 e. The number of fused-ring (bicyclic) bond motifs is 3. The summed E-state index contributed by atoms with van der Waals surface area (Å²) in [6, 6.07) is 13.1. The van der Waals surface area contributed by atoms with Crippen LogP contribution in [0, 0.1) is 5.82 Å². The Balaban J connectivity index is 1.27. The van der Waals surface area contributed by atoms with Gasteiger partial charge in [0.2, 0.25) is 5.43 Å². The van der Waals surface area contributed by atoms with E-state index in [0.717, 1.165) is 36.6 Å². The summed E-state index contributed by atoms with van der Waals surface area (Å²) in [6.07, 6.45) is 5.38. The highest BCUT2D eigenvalue weighted by atomic mass is 19.1. The lowest BCUT2D eigenvalue weighted by atomic mass is 10.0. The Labute approximate surface area is 266 Å². The number of rotatable bonds is 7. The molecule has 2 N–H and O–H groups in total. The van der Waals surface area contributed by atoms with Crippen LogP contribution >= 0.6 is 0 Å². The molecule has 2 fully saturated rings. The average Bonchev–Trinajstić information content (AvgIpc) is 3.47. The first-order chi connectivity index (χ1) is 22.3. The molecule has 0 spiro atoms. The van der Waals surface area contributed by atoms with Gasteiger partial charge in [-0.15, -0.1) is 0 Å². The van der Waals surface area contributed by atoms with Gasteiger partial charge in [0.25, 0.3) is 5.91 Å². The largest absolute Gasteiger partial charge is 0.451 e. The minimum atomic E-state index is -0.648. The molecule has 10 nitrogen and oxygen atoms in total. The van der Waals surface area contributed by atoms with Crippen molar-refractivity contribution in [3.05, 3.63) is 70.3 Å². The second kappa shape index (κ2) is 12.3. The van der Waals surface area contributed by atoms with Crippen LogP contribution in [0.25, 0.3) is 27.4 Å². The molecule has 0 bridgehead atoms. The molecule has 0 radical (unpaired) electrons. The van der Waals surface area contributed by atoms with Crippen molar-refractivity contribution in [2.75, 3.05) is 45.2 Å². The molecule has 0 aliphatic carbocycles. The van der Waals surface area contributed by atoms with Gasteiger partial charge in [0, 0.05) is 37.9 Å². The van der Waals surface area contributed by atoms with Crippen molar-refractivity contribution < 1.29 is 23.5 Å². The number of carbonyl (C=O) groups is 2. The summed E-state index contributed by atoms with van der Waals surface area (Å²) in [4.78, 5) is 43.5. The lowest BCUT2D eigenvalue weighted by Gasteiger charge is -2.33. The quantitative estimate of drug-likeness (QED) is 0.241. The summed E-state index contributed by atoms with van der Waals surface area (Å²) in [5.41, 5.74) is 0.588. The van der Waals surface area contributed by atoms with Crippen LogP contribution in [0.4, 0.5) is 14.9 Å². The van der Waals surface area contributed by atoms with Gasteiger partial charge in [0.15, 0.2) is 17.3 Å². The van der Waals surface area contributed by atoms with E-state index in [1.54, 1.807) is 22.6 Å². The molecule has 4 heterocycles. The Bertz CT molecular complexity index is 1900. The van der Waals surface area contributed by atoms with Gasteiger partial charge >= 0.3 is 6.09 Å². The van der Waals surface area contributed by atoms with Crippen LogP contribution in [0.15, 0.2) is 53.5 Å². The molecular formula is C35H38FN5O5. The van der Waals surface area contributed by atoms with Crippen LogP contribution < -0.4 is 20.8 Å². The summed E-state index contributed by atoms with van der Waals surface area (Å²) in [5.74, 6) is -0.454. The second-order valence-electron chi connectivity index (χ2n) is 12.4. The highest BCUT2D eigenvalue weighted by molar-refractivity contribution is 6.02. The van der Waals surface area contributed by atoms with Gasteiger partial charge in [-0.25, -0.2) is 9.18 Å². The molecule has 11 heteroatoms. The number of ether oxygens (including phenoxy) is 2.